The van der Waals surface area contributed by atoms with Gasteiger partial charge in [0.2, 0.25) is 0 Å². The molecule has 1 aliphatic rings. The molecular weight excluding hydrogens is 272 g/mol. The van der Waals surface area contributed by atoms with Crippen LogP contribution in [0, 0.1) is 0 Å². The van der Waals surface area contributed by atoms with Gasteiger partial charge >= 0.3 is 6.03 Å². The van der Waals surface area contributed by atoms with Crippen molar-refractivity contribution in [3.63, 3.8) is 0 Å². The van der Waals surface area contributed by atoms with Crippen LogP contribution in [0.5, 0.6) is 0 Å². The van der Waals surface area contributed by atoms with Crippen LogP contribution in [-0.4, -0.2) is 30.1 Å². The minimum atomic E-state index is 0.0820. The molecule has 110 valence electrons. The number of urea groups is 1. The van der Waals surface area contributed by atoms with Crippen LogP contribution in [0.2, 0.25) is 5.02 Å². The summed E-state index contributed by atoms with van der Waals surface area (Å²) >= 11 is 5.95. The first-order chi connectivity index (χ1) is 9.70. The van der Waals surface area contributed by atoms with Crippen molar-refractivity contribution in [2.45, 2.75) is 45.1 Å². The van der Waals surface area contributed by atoms with Gasteiger partial charge in [0.05, 0.1) is 0 Å². The minimum absolute atomic E-state index is 0.0820. The van der Waals surface area contributed by atoms with Gasteiger partial charge in [-0.25, -0.2) is 4.79 Å². The van der Waals surface area contributed by atoms with E-state index in [2.05, 4.69) is 12.2 Å². The van der Waals surface area contributed by atoms with Crippen molar-refractivity contribution in [1.82, 2.24) is 10.2 Å². The average molecular weight is 295 g/mol. The predicted octanol–water partition coefficient (Wildman–Crippen LogP) is 3.86. The van der Waals surface area contributed by atoms with Gasteiger partial charge in [-0.2, -0.15) is 0 Å². The number of hydrogen-bond acceptors (Lipinski definition) is 1. The number of hydrogen-bond donors (Lipinski definition) is 1. The molecule has 3 nitrogen and oxygen atoms in total. The zero-order chi connectivity index (χ0) is 14.4. The lowest BCUT2D eigenvalue weighted by Crippen LogP contribution is -2.48. The maximum atomic E-state index is 12.2. The van der Waals surface area contributed by atoms with Crippen LogP contribution < -0.4 is 5.32 Å². The number of nitrogens with zero attached hydrogens (tertiary/aromatic N) is 1. The molecule has 1 N–H and O–H groups in total. The zero-order valence-electron chi connectivity index (χ0n) is 12.1. The lowest BCUT2D eigenvalue weighted by molar-refractivity contribution is 0.149. The highest BCUT2D eigenvalue weighted by atomic mass is 35.5. The monoisotopic (exact) mass is 294 g/mol. The van der Waals surface area contributed by atoms with Gasteiger partial charge in [-0.15, -0.1) is 0 Å². The van der Waals surface area contributed by atoms with Crippen LogP contribution in [0.15, 0.2) is 24.3 Å². The van der Waals surface area contributed by atoms with E-state index in [1.54, 1.807) is 0 Å². The highest BCUT2D eigenvalue weighted by molar-refractivity contribution is 6.30. The van der Waals surface area contributed by atoms with E-state index in [1.807, 2.05) is 29.2 Å². The fraction of sp³-hybridized carbons (Fsp3) is 0.562. The second-order valence-electron chi connectivity index (χ2n) is 5.36. The topological polar surface area (TPSA) is 32.3 Å². The molecule has 0 aliphatic carbocycles. The molecule has 1 unspecified atom stereocenters. The molecule has 0 spiro atoms. The van der Waals surface area contributed by atoms with Crippen molar-refractivity contribution in [2.75, 3.05) is 13.1 Å². The Balaban J connectivity index is 1.79. The molecule has 0 radical (unpaired) electrons. The van der Waals surface area contributed by atoms with Crippen molar-refractivity contribution in [3.8, 4) is 0 Å². The molecule has 0 bridgehead atoms. The third kappa shape index (κ3) is 4.14. The van der Waals surface area contributed by atoms with Gasteiger partial charge in [0.1, 0.15) is 0 Å². The van der Waals surface area contributed by atoms with E-state index in [9.17, 15) is 4.79 Å². The van der Waals surface area contributed by atoms with Gasteiger partial charge < -0.3 is 10.2 Å². The Labute approximate surface area is 126 Å². The van der Waals surface area contributed by atoms with E-state index in [4.69, 9.17) is 11.6 Å². The van der Waals surface area contributed by atoms with Crippen molar-refractivity contribution in [2.24, 2.45) is 0 Å². The van der Waals surface area contributed by atoms with Crippen LogP contribution in [0.1, 0.15) is 38.2 Å². The minimum Gasteiger partial charge on any atom is -0.338 e. The highest BCUT2D eigenvalue weighted by Gasteiger charge is 2.24. The predicted molar refractivity (Wildman–Crippen MR) is 83.2 cm³/mol. The van der Waals surface area contributed by atoms with Crippen molar-refractivity contribution < 1.29 is 4.79 Å². The first kappa shape index (κ1) is 15.2. The Hall–Kier alpha value is -1.22. The number of piperidine rings is 1. The van der Waals surface area contributed by atoms with E-state index in [0.29, 0.717) is 12.6 Å². The summed E-state index contributed by atoms with van der Waals surface area (Å²) in [7, 11) is 0. The summed E-state index contributed by atoms with van der Waals surface area (Å²) in [6.07, 6.45) is 5.36. The Bertz CT molecular complexity index is 450. The van der Waals surface area contributed by atoms with Crippen molar-refractivity contribution in [3.05, 3.63) is 34.9 Å². The first-order valence-electron chi connectivity index (χ1n) is 7.49. The van der Waals surface area contributed by atoms with Crippen LogP contribution >= 0.6 is 11.6 Å². The summed E-state index contributed by atoms with van der Waals surface area (Å²) in [5.74, 6) is 0. The Morgan fingerprint density at radius 3 is 3.05 bits per heavy atom. The lowest BCUT2D eigenvalue weighted by Gasteiger charge is -2.35. The quantitative estimate of drug-likeness (QED) is 0.898. The normalized spacial score (nSPS) is 18.9. The zero-order valence-corrected chi connectivity index (χ0v) is 12.8. The van der Waals surface area contributed by atoms with Gasteiger partial charge in [0.25, 0.3) is 0 Å². The second-order valence-corrected chi connectivity index (χ2v) is 5.80. The summed E-state index contributed by atoms with van der Waals surface area (Å²) in [5.41, 5.74) is 1.16. The molecule has 1 heterocycles. The van der Waals surface area contributed by atoms with E-state index in [-0.39, 0.29) is 6.03 Å². The summed E-state index contributed by atoms with van der Waals surface area (Å²) in [6.45, 7) is 3.70. The lowest BCUT2D eigenvalue weighted by atomic mass is 10.0. The third-order valence-electron chi connectivity index (χ3n) is 3.94. The van der Waals surface area contributed by atoms with Crippen LogP contribution in [0.25, 0.3) is 0 Å². The SMILES string of the molecule is CCC1CCCCN1C(=O)NCCc1cccc(Cl)c1. The van der Waals surface area contributed by atoms with Crippen LogP contribution in [0.4, 0.5) is 4.79 Å². The van der Waals surface area contributed by atoms with Crippen molar-refractivity contribution in [1.29, 1.82) is 0 Å². The molecule has 0 aromatic heterocycles. The molecule has 1 saturated heterocycles. The average Bonchev–Trinajstić information content (AvgIpc) is 2.47. The standard InChI is InChI=1S/C16H23ClN2O/c1-2-15-8-3-4-11-19(15)16(20)18-10-9-13-6-5-7-14(17)12-13/h5-7,12,15H,2-4,8-11H2,1H3,(H,18,20). The van der Waals surface area contributed by atoms with Crippen molar-refractivity contribution >= 4 is 17.6 Å². The molecule has 2 amide bonds. The maximum Gasteiger partial charge on any atom is 0.317 e. The molecule has 1 aliphatic heterocycles. The Kier molecular flexibility index (Phi) is 5.72. The van der Waals surface area contributed by atoms with E-state index >= 15 is 0 Å². The summed E-state index contributed by atoms with van der Waals surface area (Å²) in [5, 5.41) is 3.77. The van der Waals surface area contributed by atoms with E-state index in [1.165, 1.54) is 6.42 Å². The Morgan fingerprint density at radius 1 is 1.45 bits per heavy atom. The van der Waals surface area contributed by atoms with Gasteiger partial charge in [-0.1, -0.05) is 30.7 Å². The Morgan fingerprint density at radius 2 is 2.30 bits per heavy atom. The smallest absolute Gasteiger partial charge is 0.317 e. The molecule has 1 atom stereocenters. The number of rotatable bonds is 4. The highest BCUT2D eigenvalue weighted by Crippen LogP contribution is 2.19. The molecule has 2 rings (SSSR count). The number of carbonyl (C=O) groups excluding carboxylic acids is 1. The number of nitrogens with one attached hydrogen (secondary N) is 1. The molecule has 20 heavy (non-hydrogen) atoms. The van der Waals surface area contributed by atoms with Crippen LogP contribution in [0.3, 0.4) is 0 Å². The number of likely N-dealkylation sites (tertiary alicyclic amines) is 1. The summed E-state index contributed by atoms with van der Waals surface area (Å²) in [6, 6.07) is 8.28. The van der Waals surface area contributed by atoms with Gasteiger partial charge in [-0.3, -0.25) is 0 Å². The molecule has 0 saturated carbocycles. The first-order valence-corrected chi connectivity index (χ1v) is 7.87. The van der Waals surface area contributed by atoms with Gasteiger partial charge in [0.15, 0.2) is 0 Å². The summed E-state index contributed by atoms with van der Waals surface area (Å²) in [4.78, 5) is 14.2. The van der Waals surface area contributed by atoms with Gasteiger partial charge in [-0.05, 0) is 49.8 Å². The molecular formula is C16H23ClN2O. The number of benzene rings is 1. The number of amides is 2. The van der Waals surface area contributed by atoms with E-state index < -0.39 is 0 Å². The molecule has 1 aromatic carbocycles. The maximum absolute atomic E-state index is 12.2. The second kappa shape index (κ2) is 7.53. The summed E-state index contributed by atoms with van der Waals surface area (Å²) < 4.78 is 0. The number of carbonyl (C=O) groups is 1. The molecule has 1 fully saturated rings. The third-order valence-corrected chi connectivity index (χ3v) is 4.17. The number of halogens is 1. The fourth-order valence-corrected chi connectivity index (χ4v) is 3.01. The largest absolute Gasteiger partial charge is 0.338 e. The molecule has 4 heteroatoms. The van der Waals surface area contributed by atoms with Gasteiger partial charge in [0, 0.05) is 24.2 Å². The van der Waals surface area contributed by atoms with E-state index in [0.717, 1.165) is 42.8 Å². The molecule has 1 aromatic rings. The fourth-order valence-electron chi connectivity index (χ4n) is 2.80. The van der Waals surface area contributed by atoms with Crippen LogP contribution in [-0.2, 0) is 6.42 Å².